The monoisotopic (exact) mass is 555 g/mol. The SMILES string of the molecule is CC(C)CN(C[C@@H](O)[C@H](Cc1ccccc1)N(C(=O)O)C(C)(C)C)S(=O)(=O)c1ccc(Cl)c([N+](=O)[O-])c1. The summed E-state index contributed by atoms with van der Waals surface area (Å²) in [5, 5.41) is 32.6. The molecule has 2 aromatic rings. The second kappa shape index (κ2) is 12.2. The Morgan fingerprint density at radius 2 is 1.70 bits per heavy atom. The van der Waals surface area contributed by atoms with Gasteiger partial charge >= 0.3 is 6.09 Å². The van der Waals surface area contributed by atoms with Crippen LogP contribution in [-0.4, -0.2) is 69.6 Å². The van der Waals surface area contributed by atoms with Gasteiger partial charge in [0.25, 0.3) is 5.69 Å². The van der Waals surface area contributed by atoms with Gasteiger partial charge < -0.3 is 10.2 Å². The van der Waals surface area contributed by atoms with Crippen molar-refractivity contribution in [2.45, 2.75) is 63.6 Å². The Hall–Kier alpha value is -2.73. The van der Waals surface area contributed by atoms with Crippen molar-refractivity contribution in [3.05, 3.63) is 69.2 Å². The van der Waals surface area contributed by atoms with E-state index in [-0.39, 0.29) is 28.8 Å². The van der Waals surface area contributed by atoms with Crippen LogP contribution in [0.3, 0.4) is 0 Å². The number of sulfonamides is 1. The van der Waals surface area contributed by atoms with E-state index in [1.165, 1.54) is 6.07 Å². The lowest BCUT2D eigenvalue weighted by molar-refractivity contribution is -0.384. The highest BCUT2D eigenvalue weighted by Crippen LogP contribution is 2.30. The van der Waals surface area contributed by atoms with Gasteiger partial charge in [-0.3, -0.25) is 15.0 Å². The molecule has 0 bridgehead atoms. The molecule has 37 heavy (non-hydrogen) atoms. The molecule has 2 rings (SSSR count). The summed E-state index contributed by atoms with van der Waals surface area (Å²) >= 11 is 5.86. The fourth-order valence-electron chi connectivity index (χ4n) is 4.13. The van der Waals surface area contributed by atoms with E-state index in [0.29, 0.717) is 0 Å². The predicted molar refractivity (Wildman–Crippen MR) is 141 cm³/mol. The minimum absolute atomic E-state index is 0.00351. The molecule has 0 saturated heterocycles. The molecular formula is C25H34ClN3O7S. The minimum atomic E-state index is -4.31. The molecule has 0 fully saturated rings. The van der Waals surface area contributed by atoms with Crippen molar-refractivity contribution in [3.8, 4) is 0 Å². The van der Waals surface area contributed by atoms with Crippen molar-refractivity contribution in [2.75, 3.05) is 13.1 Å². The molecule has 10 nitrogen and oxygen atoms in total. The van der Waals surface area contributed by atoms with E-state index in [2.05, 4.69) is 0 Å². The Bertz CT molecular complexity index is 1200. The number of benzene rings is 2. The third kappa shape index (κ3) is 7.88. The number of nitro benzene ring substituents is 1. The summed E-state index contributed by atoms with van der Waals surface area (Å²) in [5.41, 5.74) is -0.682. The molecular weight excluding hydrogens is 522 g/mol. The molecule has 204 valence electrons. The maximum absolute atomic E-state index is 13.6. The van der Waals surface area contributed by atoms with Crippen LogP contribution >= 0.6 is 11.6 Å². The highest BCUT2D eigenvalue weighted by Gasteiger charge is 2.39. The number of aliphatic hydroxyl groups excluding tert-OH is 1. The van der Waals surface area contributed by atoms with Gasteiger partial charge in [0.05, 0.1) is 22.0 Å². The lowest BCUT2D eigenvalue weighted by atomic mass is 9.94. The van der Waals surface area contributed by atoms with Crippen molar-refractivity contribution in [3.63, 3.8) is 0 Å². The van der Waals surface area contributed by atoms with Crippen LogP contribution in [-0.2, 0) is 16.4 Å². The van der Waals surface area contributed by atoms with Crippen molar-refractivity contribution >= 4 is 33.4 Å². The molecule has 2 N–H and O–H groups in total. The normalized spacial score (nSPS) is 14.0. The molecule has 2 atom stereocenters. The summed E-state index contributed by atoms with van der Waals surface area (Å²) < 4.78 is 28.2. The van der Waals surface area contributed by atoms with Crippen molar-refractivity contribution in [1.82, 2.24) is 9.21 Å². The third-order valence-corrected chi connectivity index (χ3v) is 7.85. The lowest BCUT2D eigenvalue weighted by Gasteiger charge is -2.42. The van der Waals surface area contributed by atoms with Crippen LogP contribution in [0, 0.1) is 16.0 Å². The molecule has 1 amide bonds. The quantitative estimate of drug-likeness (QED) is 0.304. The van der Waals surface area contributed by atoms with Crippen LogP contribution < -0.4 is 0 Å². The predicted octanol–water partition coefficient (Wildman–Crippen LogP) is 4.65. The van der Waals surface area contributed by atoms with Gasteiger partial charge in [-0.1, -0.05) is 55.8 Å². The number of hydrogen-bond acceptors (Lipinski definition) is 6. The molecule has 0 unspecified atom stereocenters. The molecule has 0 aromatic heterocycles. The average molecular weight is 556 g/mol. The standard InChI is InChI=1S/C25H34ClN3O7S/c1-17(2)15-27(37(35,36)19-11-12-20(26)21(14-19)29(33)34)16-23(30)22(13-18-9-7-6-8-10-18)28(24(31)32)25(3,4)5/h6-12,14,17,22-23,30H,13,15-16H2,1-5H3,(H,31,32)/t22-,23+/m0/s1. The number of rotatable bonds is 11. The Labute approximate surface area is 222 Å². The van der Waals surface area contributed by atoms with E-state index in [9.17, 15) is 33.5 Å². The summed E-state index contributed by atoms with van der Waals surface area (Å²) in [6.07, 6.45) is -2.52. The zero-order valence-corrected chi connectivity index (χ0v) is 23.1. The van der Waals surface area contributed by atoms with Gasteiger partial charge in [-0.05, 0) is 50.8 Å². The first-order valence-electron chi connectivity index (χ1n) is 11.7. The molecule has 12 heteroatoms. The Morgan fingerprint density at radius 1 is 1.11 bits per heavy atom. The largest absolute Gasteiger partial charge is 0.465 e. The smallest absolute Gasteiger partial charge is 0.408 e. The lowest BCUT2D eigenvalue weighted by Crippen LogP contribution is -2.58. The van der Waals surface area contributed by atoms with Crippen LogP contribution in [0.5, 0.6) is 0 Å². The Balaban J connectivity index is 2.53. The molecule has 0 radical (unpaired) electrons. The molecule has 0 heterocycles. The average Bonchev–Trinajstić information content (AvgIpc) is 2.77. The van der Waals surface area contributed by atoms with Crippen LogP contribution in [0.4, 0.5) is 10.5 Å². The van der Waals surface area contributed by atoms with Gasteiger partial charge in [-0.2, -0.15) is 4.31 Å². The number of nitro groups is 1. The van der Waals surface area contributed by atoms with Gasteiger partial charge in [0.2, 0.25) is 10.0 Å². The minimum Gasteiger partial charge on any atom is -0.465 e. The second-order valence-corrected chi connectivity index (χ2v) is 12.6. The van der Waals surface area contributed by atoms with Gasteiger partial charge in [-0.25, -0.2) is 13.2 Å². The number of amides is 1. The van der Waals surface area contributed by atoms with E-state index in [1.54, 1.807) is 58.9 Å². The molecule has 0 saturated carbocycles. The first-order valence-corrected chi connectivity index (χ1v) is 13.6. The summed E-state index contributed by atoms with van der Waals surface area (Å²) in [6.45, 7) is 8.24. The van der Waals surface area contributed by atoms with E-state index < -0.39 is 51.0 Å². The van der Waals surface area contributed by atoms with Gasteiger partial charge in [-0.15, -0.1) is 0 Å². The number of aliphatic hydroxyl groups is 1. The molecule has 0 aliphatic heterocycles. The number of hydrogen-bond donors (Lipinski definition) is 2. The molecule has 0 aliphatic rings. The fourth-order valence-corrected chi connectivity index (χ4v) is 5.96. The number of carboxylic acid groups (broad SMARTS) is 1. The van der Waals surface area contributed by atoms with Crippen molar-refractivity contribution in [2.24, 2.45) is 5.92 Å². The third-order valence-electron chi connectivity index (χ3n) is 5.70. The van der Waals surface area contributed by atoms with Gasteiger partial charge in [0.15, 0.2) is 0 Å². The molecule has 0 spiro atoms. The number of carbonyl (C=O) groups is 1. The first kappa shape index (κ1) is 30.5. The molecule has 2 aromatic carbocycles. The highest BCUT2D eigenvalue weighted by atomic mass is 35.5. The topological polar surface area (TPSA) is 141 Å². The van der Waals surface area contributed by atoms with E-state index >= 15 is 0 Å². The van der Waals surface area contributed by atoms with Crippen molar-refractivity contribution < 1.29 is 28.3 Å². The number of nitrogens with zero attached hydrogens (tertiary/aromatic N) is 3. The number of halogens is 1. The van der Waals surface area contributed by atoms with E-state index in [0.717, 1.165) is 26.9 Å². The van der Waals surface area contributed by atoms with E-state index in [1.807, 2.05) is 6.07 Å². The highest BCUT2D eigenvalue weighted by molar-refractivity contribution is 7.89. The molecule has 0 aliphatic carbocycles. The summed E-state index contributed by atoms with van der Waals surface area (Å²) in [4.78, 5) is 23.7. The van der Waals surface area contributed by atoms with Gasteiger partial charge in [0.1, 0.15) is 5.02 Å². The van der Waals surface area contributed by atoms with Crippen LogP contribution in [0.25, 0.3) is 0 Å². The summed E-state index contributed by atoms with van der Waals surface area (Å²) in [6, 6.07) is 11.2. The van der Waals surface area contributed by atoms with Crippen LogP contribution in [0.1, 0.15) is 40.2 Å². The van der Waals surface area contributed by atoms with E-state index in [4.69, 9.17) is 11.6 Å². The first-order chi connectivity index (χ1) is 17.1. The Kier molecular flexibility index (Phi) is 10.1. The van der Waals surface area contributed by atoms with Crippen molar-refractivity contribution in [1.29, 1.82) is 0 Å². The van der Waals surface area contributed by atoms with Gasteiger partial charge in [0, 0.05) is 24.7 Å². The zero-order valence-electron chi connectivity index (χ0n) is 21.5. The maximum atomic E-state index is 13.6. The summed E-state index contributed by atoms with van der Waals surface area (Å²) in [7, 11) is -4.31. The fraction of sp³-hybridized carbons (Fsp3) is 0.480. The second-order valence-electron chi connectivity index (χ2n) is 10.2. The maximum Gasteiger partial charge on any atom is 0.408 e. The van der Waals surface area contributed by atoms with Crippen LogP contribution in [0.15, 0.2) is 53.4 Å². The Morgan fingerprint density at radius 3 is 2.19 bits per heavy atom. The summed E-state index contributed by atoms with van der Waals surface area (Å²) in [5.74, 6) is -0.157. The van der Waals surface area contributed by atoms with Crippen LogP contribution in [0.2, 0.25) is 5.02 Å². The zero-order chi connectivity index (χ0) is 28.1.